The third kappa shape index (κ3) is 3.41. The average molecular weight is 264 g/mol. The molecule has 0 bridgehead atoms. The van der Waals surface area contributed by atoms with Gasteiger partial charge in [-0.2, -0.15) is 0 Å². The van der Waals surface area contributed by atoms with Crippen LogP contribution in [0.4, 0.5) is 11.5 Å². The van der Waals surface area contributed by atoms with Crippen LogP contribution in [0, 0.1) is 17.0 Å². The highest BCUT2D eigenvalue weighted by Gasteiger charge is 2.19. The zero-order chi connectivity index (χ0) is 13.8. The summed E-state index contributed by atoms with van der Waals surface area (Å²) in [6.45, 7) is 3.71. The molecular weight excluding hydrogens is 244 g/mol. The Bertz CT molecular complexity index is 464. The van der Waals surface area contributed by atoms with Crippen molar-refractivity contribution in [2.24, 2.45) is 0 Å². The molecule has 104 valence electrons. The van der Waals surface area contributed by atoms with E-state index < -0.39 is 4.92 Å². The van der Waals surface area contributed by atoms with Gasteiger partial charge in [-0.15, -0.1) is 0 Å². The van der Waals surface area contributed by atoms with Gasteiger partial charge in [-0.25, -0.2) is 4.98 Å². The molecule has 0 amide bonds. The Morgan fingerprint density at radius 1 is 1.58 bits per heavy atom. The van der Waals surface area contributed by atoms with Crippen LogP contribution in [-0.4, -0.2) is 41.0 Å². The maximum absolute atomic E-state index is 10.7. The topological polar surface area (TPSA) is 71.3 Å². The number of anilines is 1. The predicted molar refractivity (Wildman–Crippen MR) is 74.4 cm³/mol. The summed E-state index contributed by atoms with van der Waals surface area (Å²) in [6, 6.07) is 2.26. The molecule has 1 aromatic heterocycles. The number of hydrogen-bond donors (Lipinski definition) is 1. The molecule has 0 aromatic carbocycles. The number of hydrogen-bond acceptors (Lipinski definition) is 5. The number of piperidine rings is 1. The van der Waals surface area contributed by atoms with Crippen LogP contribution < -0.4 is 5.32 Å². The summed E-state index contributed by atoms with van der Waals surface area (Å²) >= 11 is 0. The molecule has 0 saturated carbocycles. The van der Waals surface area contributed by atoms with Crippen LogP contribution >= 0.6 is 0 Å². The second kappa shape index (κ2) is 5.97. The Morgan fingerprint density at radius 2 is 2.37 bits per heavy atom. The van der Waals surface area contributed by atoms with Gasteiger partial charge >= 0.3 is 0 Å². The van der Waals surface area contributed by atoms with Crippen molar-refractivity contribution in [3.05, 3.63) is 27.9 Å². The molecule has 1 aliphatic rings. The number of rotatable bonds is 4. The molecule has 2 rings (SSSR count). The molecule has 1 fully saturated rings. The Labute approximate surface area is 113 Å². The monoisotopic (exact) mass is 264 g/mol. The number of pyridine rings is 1. The van der Waals surface area contributed by atoms with Gasteiger partial charge in [0.25, 0.3) is 5.69 Å². The van der Waals surface area contributed by atoms with Crippen LogP contribution in [0.1, 0.15) is 24.8 Å². The maximum Gasteiger partial charge on any atom is 0.290 e. The van der Waals surface area contributed by atoms with Crippen LogP contribution in [-0.2, 0) is 0 Å². The molecule has 1 N–H and O–H groups in total. The minimum Gasteiger partial charge on any atom is -0.368 e. The first-order valence-electron chi connectivity index (χ1n) is 6.63. The van der Waals surface area contributed by atoms with Crippen molar-refractivity contribution >= 4 is 11.5 Å². The molecule has 2 heterocycles. The fraction of sp³-hybridized carbons (Fsp3) is 0.615. The Kier molecular flexibility index (Phi) is 4.31. The molecule has 6 nitrogen and oxygen atoms in total. The number of nitrogens with zero attached hydrogens (tertiary/aromatic N) is 3. The lowest BCUT2D eigenvalue weighted by Crippen LogP contribution is -2.40. The number of nitro groups is 1. The second-order valence-electron chi connectivity index (χ2n) is 5.12. The zero-order valence-electron chi connectivity index (χ0n) is 11.4. The number of aromatic nitrogens is 1. The van der Waals surface area contributed by atoms with Crippen LogP contribution in [0.3, 0.4) is 0 Å². The Morgan fingerprint density at radius 3 is 3.00 bits per heavy atom. The van der Waals surface area contributed by atoms with Crippen molar-refractivity contribution in [3.8, 4) is 0 Å². The van der Waals surface area contributed by atoms with Gasteiger partial charge in [-0.05, 0) is 39.4 Å². The summed E-state index contributed by atoms with van der Waals surface area (Å²) in [6.07, 6.45) is 5.04. The molecule has 0 aliphatic carbocycles. The first kappa shape index (κ1) is 13.7. The van der Waals surface area contributed by atoms with Gasteiger partial charge in [0.1, 0.15) is 12.0 Å². The van der Waals surface area contributed by atoms with Gasteiger partial charge in [0.2, 0.25) is 0 Å². The first-order chi connectivity index (χ1) is 9.08. The van der Waals surface area contributed by atoms with Gasteiger partial charge in [-0.1, -0.05) is 6.42 Å². The second-order valence-corrected chi connectivity index (χ2v) is 5.12. The van der Waals surface area contributed by atoms with Gasteiger partial charge in [0.15, 0.2) is 0 Å². The quantitative estimate of drug-likeness (QED) is 0.666. The van der Waals surface area contributed by atoms with E-state index in [1.807, 2.05) is 0 Å². The van der Waals surface area contributed by atoms with E-state index in [9.17, 15) is 10.1 Å². The number of likely N-dealkylation sites (N-methyl/N-ethyl adjacent to an activating group) is 1. The first-order valence-corrected chi connectivity index (χ1v) is 6.63. The van der Waals surface area contributed by atoms with Crippen molar-refractivity contribution in [2.75, 3.05) is 25.5 Å². The molecular formula is C13H20N4O2. The molecule has 0 radical (unpaired) electrons. The van der Waals surface area contributed by atoms with Crippen molar-refractivity contribution in [1.29, 1.82) is 0 Å². The SMILES string of the molecule is Cc1cc(NCC2CCCCN2C)ncc1[N+](=O)[O-]. The number of nitrogens with one attached hydrogen (secondary N) is 1. The van der Waals surface area contributed by atoms with Crippen molar-refractivity contribution in [2.45, 2.75) is 32.2 Å². The van der Waals surface area contributed by atoms with E-state index in [0.717, 1.165) is 13.1 Å². The molecule has 1 atom stereocenters. The maximum atomic E-state index is 10.7. The third-order valence-corrected chi connectivity index (χ3v) is 3.72. The van der Waals surface area contributed by atoms with E-state index in [1.54, 1.807) is 13.0 Å². The summed E-state index contributed by atoms with van der Waals surface area (Å²) in [5.41, 5.74) is 0.708. The van der Waals surface area contributed by atoms with Crippen LogP contribution in [0.5, 0.6) is 0 Å². The molecule has 0 spiro atoms. The average Bonchev–Trinajstić information content (AvgIpc) is 2.37. The van der Waals surface area contributed by atoms with Crippen molar-refractivity contribution < 1.29 is 4.92 Å². The smallest absolute Gasteiger partial charge is 0.290 e. The minimum atomic E-state index is -0.402. The molecule has 1 saturated heterocycles. The highest BCUT2D eigenvalue weighted by Crippen LogP contribution is 2.20. The highest BCUT2D eigenvalue weighted by molar-refractivity contribution is 5.46. The lowest BCUT2D eigenvalue weighted by Gasteiger charge is -2.32. The normalized spacial score (nSPS) is 20.2. The van der Waals surface area contributed by atoms with Crippen LogP contribution in [0.25, 0.3) is 0 Å². The minimum absolute atomic E-state index is 0.0698. The van der Waals surface area contributed by atoms with Gasteiger partial charge in [0.05, 0.1) is 4.92 Å². The highest BCUT2D eigenvalue weighted by atomic mass is 16.6. The lowest BCUT2D eigenvalue weighted by molar-refractivity contribution is -0.385. The Hall–Kier alpha value is -1.69. The molecule has 1 aromatic rings. The molecule has 1 aliphatic heterocycles. The van der Waals surface area contributed by atoms with Crippen LogP contribution in [0.2, 0.25) is 0 Å². The van der Waals surface area contributed by atoms with Crippen molar-refractivity contribution in [1.82, 2.24) is 9.88 Å². The summed E-state index contributed by atoms with van der Waals surface area (Å²) in [5.74, 6) is 0.710. The standard InChI is InChI=1S/C13H20N4O2/c1-10-7-13(15-9-12(10)17(18)19)14-8-11-5-3-4-6-16(11)2/h7,9,11H,3-6,8H2,1-2H3,(H,14,15). The van der Waals surface area contributed by atoms with Crippen LogP contribution in [0.15, 0.2) is 12.3 Å². The van der Waals surface area contributed by atoms with E-state index >= 15 is 0 Å². The largest absolute Gasteiger partial charge is 0.368 e. The third-order valence-electron chi connectivity index (χ3n) is 3.72. The predicted octanol–water partition coefficient (Wildman–Crippen LogP) is 2.19. The zero-order valence-corrected chi connectivity index (χ0v) is 11.4. The van der Waals surface area contributed by atoms with Crippen molar-refractivity contribution in [3.63, 3.8) is 0 Å². The fourth-order valence-electron chi connectivity index (χ4n) is 2.46. The summed E-state index contributed by atoms with van der Waals surface area (Å²) in [7, 11) is 2.14. The number of aryl methyl sites for hydroxylation is 1. The molecule has 1 unspecified atom stereocenters. The lowest BCUT2D eigenvalue weighted by atomic mass is 10.0. The molecule has 6 heteroatoms. The van der Waals surface area contributed by atoms with Gasteiger partial charge in [-0.3, -0.25) is 10.1 Å². The van der Waals surface area contributed by atoms with Gasteiger partial charge in [0, 0.05) is 18.2 Å². The van der Waals surface area contributed by atoms with E-state index in [-0.39, 0.29) is 5.69 Å². The summed E-state index contributed by atoms with van der Waals surface area (Å²) in [4.78, 5) is 16.8. The molecule has 19 heavy (non-hydrogen) atoms. The fourth-order valence-corrected chi connectivity index (χ4v) is 2.46. The summed E-state index contributed by atoms with van der Waals surface area (Å²) in [5, 5.41) is 14.0. The summed E-state index contributed by atoms with van der Waals surface area (Å²) < 4.78 is 0. The van der Waals surface area contributed by atoms with E-state index in [0.29, 0.717) is 17.4 Å². The Balaban J connectivity index is 1.96. The number of likely N-dealkylation sites (tertiary alicyclic amines) is 1. The van der Waals surface area contributed by atoms with Gasteiger partial charge < -0.3 is 10.2 Å². The van der Waals surface area contributed by atoms with E-state index in [4.69, 9.17) is 0 Å². The van der Waals surface area contributed by atoms with E-state index in [1.165, 1.54) is 25.5 Å². The van der Waals surface area contributed by atoms with E-state index in [2.05, 4.69) is 22.2 Å².